The minimum atomic E-state index is 0.757. The SMILES string of the molecule is CNc1nc(CSc2cccc(Cl)c2)ns1. The lowest BCUT2D eigenvalue weighted by Gasteiger charge is -1.98. The van der Waals surface area contributed by atoms with Crippen molar-refractivity contribution in [3.63, 3.8) is 0 Å². The highest BCUT2D eigenvalue weighted by atomic mass is 35.5. The number of aromatic nitrogens is 2. The number of rotatable bonds is 4. The molecule has 0 unspecified atom stereocenters. The molecule has 16 heavy (non-hydrogen) atoms. The van der Waals surface area contributed by atoms with E-state index in [9.17, 15) is 0 Å². The van der Waals surface area contributed by atoms with Crippen molar-refractivity contribution in [2.75, 3.05) is 12.4 Å². The Hall–Kier alpha value is -0.780. The summed E-state index contributed by atoms with van der Waals surface area (Å²) in [5, 5.41) is 4.57. The predicted octanol–water partition coefficient (Wildman–Crippen LogP) is 3.53. The van der Waals surface area contributed by atoms with E-state index in [1.807, 2.05) is 31.3 Å². The van der Waals surface area contributed by atoms with Crippen molar-refractivity contribution in [1.29, 1.82) is 0 Å². The van der Waals surface area contributed by atoms with Gasteiger partial charge in [-0.3, -0.25) is 0 Å². The Morgan fingerprint density at radius 3 is 3.06 bits per heavy atom. The second kappa shape index (κ2) is 5.52. The van der Waals surface area contributed by atoms with Crippen LogP contribution in [-0.2, 0) is 5.75 Å². The van der Waals surface area contributed by atoms with Gasteiger partial charge in [-0.25, -0.2) is 4.98 Å². The van der Waals surface area contributed by atoms with Gasteiger partial charge in [0.1, 0.15) is 0 Å². The highest BCUT2D eigenvalue weighted by Crippen LogP contribution is 2.25. The van der Waals surface area contributed by atoms with E-state index < -0.39 is 0 Å². The molecule has 2 rings (SSSR count). The number of halogens is 1. The monoisotopic (exact) mass is 271 g/mol. The zero-order chi connectivity index (χ0) is 11.4. The summed E-state index contributed by atoms with van der Waals surface area (Å²) in [7, 11) is 1.84. The first-order valence-corrected chi connectivity index (χ1v) is 6.80. The van der Waals surface area contributed by atoms with Gasteiger partial charge in [-0.05, 0) is 18.2 Å². The summed E-state index contributed by atoms with van der Waals surface area (Å²) in [6.07, 6.45) is 0. The molecule has 1 aromatic heterocycles. The zero-order valence-corrected chi connectivity index (χ0v) is 11.0. The summed E-state index contributed by atoms with van der Waals surface area (Å²) in [6, 6.07) is 7.78. The van der Waals surface area contributed by atoms with Crippen molar-refractivity contribution in [3.8, 4) is 0 Å². The summed E-state index contributed by atoms with van der Waals surface area (Å²) < 4.78 is 4.24. The molecule has 0 aliphatic heterocycles. The van der Waals surface area contributed by atoms with Gasteiger partial charge >= 0.3 is 0 Å². The highest BCUT2D eigenvalue weighted by molar-refractivity contribution is 7.98. The Balaban J connectivity index is 1.96. The van der Waals surface area contributed by atoms with Gasteiger partial charge in [0.2, 0.25) is 5.13 Å². The number of anilines is 1. The maximum absolute atomic E-state index is 5.90. The number of hydrogen-bond acceptors (Lipinski definition) is 5. The fraction of sp³-hybridized carbons (Fsp3) is 0.200. The molecule has 3 nitrogen and oxygen atoms in total. The molecule has 0 fully saturated rings. The molecule has 0 aliphatic rings. The molecule has 6 heteroatoms. The smallest absolute Gasteiger partial charge is 0.202 e. The van der Waals surface area contributed by atoms with Crippen LogP contribution in [0.4, 0.5) is 5.13 Å². The molecular weight excluding hydrogens is 262 g/mol. The molecule has 0 atom stereocenters. The number of hydrogen-bond donors (Lipinski definition) is 1. The largest absolute Gasteiger partial charge is 0.363 e. The van der Waals surface area contributed by atoms with E-state index in [1.54, 1.807) is 11.8 Å². The van der Waals surface area contributed by atoms with Crippen LogP contribution >= 0.6 is 34.9 Å². The lowest BCUT2D eigenvalue weighted by atomic mass is 10.4. The van der Waals surface area contributed by atoms with Crippen molar-refractivity contribution < 1.29 is 0 Å². The van der Waals surface area contributed by atoms with E-state index >= 15 is 0 Å². The Morgan fingerprint density at radius 2 is 2.38 bits per heavy atom. The lowest BCUT2D eigenvalue weighted by Crippen LogP contribution is -1.88. The Labute approximate surface area is 107 Å². The van der Waals surface area contributed by atoms with Gasteiger partial charge < -0.3 is 5.32 Å². The van der Waals surface area contributed by atoms with Crippen molar-refractivity contribution in [1.82, 2.24) is 9.36 Å². The average molecular weight is 272 g/mol. The van der Waals surface area contributed by atoms with Crippen LogP contribution in [-0.4, -0.2) is 16.4 Å². The van der Waals surface area contributed by atoms with Gasteiger partial charge in [0.05, 0.1) is 5.75 Å². The standard InChI is InChI=1S/C10H10ClN3S2/c1-12-10-13-9(14-16-10)6-15-8-4-2-3-7(11)5-8/h2-5H,6H2,1H3,(H,12,13,14). The number of thioether (sulfide) groups is 1. The maximum atomic E-state index is 5.90. The van der Waals surface area contributed by atoms with Crippen LogP contribution in [0.5, 0.6) is 0 Å². The Bertz CT molecular complexity index is 473. The van der Waals surface area contributed by atoms with Gasteiger partial charge in [-0.2, -0.15) is 4.37 Å². The van der Waals surface area contributed by atoms with Crippen LogP contribution in [0.2, 0.25) is 5.02 Å². The number of benzene rings is 1. The topological polar surface area (TPSA) is 37.8 Å². The molecule has 1 N–H and O–H groups in total. The number of nitrogens with one attached hydrogen (secondary N) is 1. The van der Waals surface area contributed by atoms with Gasteiger partial charge in [-0.15, -0.1) is 11.8 Å². The molecule has 1 heterocycles. The minimum Gasteiger partial charge on any atom is -0.363 e. The first kappa shape index (κ1) is 11.7. The molecule has 0 amide bonds. The van der Waals surface area contributed by atoms with E-state index in [0.717, 1.165) is 26.6 Å². The van der Waals surface area contributed by atoms with Crippen LogP contribution in [0, 0.1) is 0 Å². The fourth-order valence-electron chi connectivity index (χ4n) is 1.12. The third-order valence-electron chi connectivity index (χ3n) is 1.85. The van der Waals surface area contributed by atoms with Crippen LogP contribution in [0.15, 0.2) is 29.2 Å². The summed E-state index contributed by atoms with van der Waals surface area (Å²) in [5.41, 5.74) is 0. The second-order valence-corrected chi connectivity index (χ2v) is 5.25. The van der Waals surface area contributed by atoms with Crippen LogP contribution in [0.25, 0.3) is 0 Å². The Morgan fingerprint density at radius 1 is 1.50 bits per heavy atom. The lowest BCUT2D eigenvalue weighted by molar-refractivity contribution is 1.13. The number of nitrogens with zero attached hydrogens (tertiary/aromatic N) is 2. The molecule has 0 aliphatic carbocycles. The normalized spacial score (nSPS) is 10.4. The maximum Gasteiger partial charge on any atom is 0.202 e. The van der Waals surface area contributed by atoms with E-state index in [4.69, 9.17) is 11.6 Å². The molecular formula is C10H10ClN3S2. The molecule has 0 bridgehead atoms. The first-order chi connectivity index (χ1) is 7.78. The van der Waals surface area contributed by atoms with E-state index in [0.29, 0.717) is 0 Å². The van der Waals surface area contributed by atoms with E-state index in [2.05, 4.69) is 14.7 Å². The molecule has 1 aromatic carbocycles. The summed E-state index contributed by atoms with van der Waals surface area (Å²) >= 11 is 8.96. The highest BCUT2D eigenvalue weighted by Gasteiger charge is 2.03. The van der Waals surface area contributed by atoms with Crippen LogP contribution in [0.3, 0.4) is 0 Å². The molecule has 2 aromatic rings. The third-order valence-corrected chi connectivity index (χ3v) is 3.84. The fourth-order valence-corrected chi connectivity index (χ4v) is 2.80. The molecule has 0 saturated carbocycles. The quantitative estimate of drug-likeness (QED) is 0.864. The summed E-state index contributed by atoms with van der Waals surface area (Å²) in [5.74, 6) is 1.61. The zero-order valence-electron chi connectivity index (χ0n) is 8.61. The molecule has 84 valence electrons. The molecule has 0 saturated heterocycles. The van der Waals surface area contributed by atoms with Crippen molar-refractivity contribution >= 4 is 40.0 Å². The average Bonchev–Trinajstić information content (AvgIpc) is 2.74. The van der Waals surface area contributed by atoms with Gasteiger partial charge in [0.15, 0.2) is 5.82 Å². The van der Waals surface area contributed by atoms with Gasteiger partial charge in [0, 0.05) is 28.5 Å². The van der Waals surface area contributed by atoms with Gasteiger partial charge in [0.25, 0.3) is 0 Å². The van der Waals surface area contributed by atoms with Crippen LogP contribution in [0.1, 0.15) is 5.82 Å². The predicted molar refractivity (Wildman–Crippen MR) is 70.5 cm³/mol. The van der Waals surface area contributed by atoms with Crippen LogP contribution < -0.4 is 5.32 Å². The first-order valence-electron chi connectivity index (χ1n) is 4.66. The van der Waals surface area contributed by atoms with Crippen molar-refractivity contribution in [2.24, 2.45) is 0 Å². The second-order valence-electron chi connectivity index (χ2n) is 3.01. The van der Waals surface area contributed by atoms with E-state index in [1.165, 1.54) is 11.5 Å². The van der Waals surface area contributed by atoms with E-state index in [-0.39, 0.29) is 0 Å². The minimum absolute atomic E-state index is 0.757. The Kier molecular flexibility index (Phi) is 4.04. The van der Waals surface area contributed by atoms with Crippen molar-refractivity contribution in [2.45, 2.75) is 10.6 Å². The third kappa shape index (κ3) is 3.10. The molecule has 0 radical (unpaired) electrons. The van der Waals surface area contributed by atoms with Gasteiger partial charge in [-0.1, -0.05) is 17.7 Å². The van der Waals surface area contributed by atoms with Crippen molar-refractivity contribution in [3.05, 3.63) is 35.1 Å². The summed E-state index contributed by atoms with van der Waals surface area (Å²) in [4.78, 5) is 5.44. The summed E-state index contributed by atoms with van der Waals surface area (Å²) in [6.45, 7) is 0. The molecule has 0 spiro atoms.